The molecular weight excluding hydrogens is 222 g/mol. The molecule has 18 heavy (non-hydrogen) atoms. The molecule has 1 aliphatic heterocycles. The molecule has 1 heterocycles. The summed E-state index contributed by atoms with van der Waals surface area (Å²) in [5, 5.41) is 0. The van der Waals surface area contributed by atoms with Crippen LogP contribution in [-0.4, -0.2) is 17.4 Å². The van der Waals surface area contributed by atoms with Crippen molar-refractivity contribution in [3.05, 3.63) is 47.0 Å². The van der Waals surface area contributed by atoms with Crippen molar-refractivity contribution < 1.29 is 4.79 Å². The van der Waals surface area contributed by atoms with Crippen LogP contribution in [0.25, 0.3) is 0 Å². The molecule has 1 saturated heterocycles. The predicted octanol–water partition coefficient (Wildman–Crippen LogP) is 3.62. The van der Waals surface area contributed by atoms with Gasteiger partial charge in [0.1, 0.15) is 0 Å². The number of amides is 1. The summed E-state index contributed by atoms with van der Waals surface area (Å²) in [4.78, 5) is 14.2. The van der Waals surface area contributed by atoms with Crippen molar-refractivity contribution in [2.75, 3.05) is 6.54 Å². The summed E-state index contributed by atoms with van der Waals surface area (Å²) >= 11 is 0. The number of carbonyl (C=O) groups excluding carboxylic acids is 1. The molecule has 0 radical (unpaired) electrons. The number of likely N-dealkylation sites (tertiary alicyclic amines) is 1. The zero-order valence-electron chi connectivity index (χ0n) is 11.4. The lowest BCUT2D eigenvalue weighted by Crippen LogP contribution is -2.29. The molecular formula is C16H21NO. The SMILES string of the molecule is CC(C)=CC(=O)N1CCCC1c1ccc(C)cc1. The number of allylic oxidation sites excluding steroid dienone is 1. The number of nitrogens with zero attached hydrogens (tertiary/aromatic N) is 1. The number of hydrogen-bond acceptors (Lipinski definition) is 1. The van der Waals surface area contributed by atoms with Crippen molar-refractivity contribution in [3.8, 4) is 0 Å². The van der Waals surface area contributed by atoms with E-state index in [0.717, 1.165) is 25.0 Å². The van der Waals surface area contributed by atoms with Crippen LogP contribution in [0.2, 0.25) is 0 Å². The van der Waals surface area contributed by atoms with Crippen molar-refractivity contribution in [2.24, 2.45) is 0 Å². The van der Waals surface area contributed by atoms with E-state index in [9.17, 15) is 4.79 Å². The number of carbonyl (C=O) groups is 1. The van der Waals surface area contributed by atoms with Crippen LogP contribution in [0, 0.1) is 6.92 Å². The van der Waals surface area contributed by atoms with E-state index in [1.807, 2.05) is 18.7 Å². The number of rotatable bonds is 2. The van der Waals surface area contributed by atoms with Crippen molar-refractivity contribution in [3.63, 3.8) is 0 Å². The molecule has 0 spiro atoms. The van der Waals surface area contributed by atoms with Crippen LogP contribution in [0.5, 0.6) is 0 Å². The topological polar surface area (TPSA) is 20.3 Å². The van der Waals surface area contributed by atoms with Gasteiger partial charge in [0, 0.05) is 12.6 Å². The molecule has 2 rings (SSSR count). The molecule has 2 nitrogen and oxygen atoms in total. The van der Waals surface area contributed by atoms with Gasteiger partial charge in [-0.3, -0.25) is 4.79 Å². The first kappa shape index (κ1) is 12.9. The van der Waals surface area contributed by atoms with Gasteiger partial charge in [0.05, 0.1) is 6.04 Å². The molecule has 96 valence electrons. The first-order valence-corrected chi connectivity index (χ1v) is 6.60. The largest absolute Gasteiger partial charge is 0.332 e. The second kappa shape index (κ2) is 5.38. The standard InChI is InChI=1S/C16H21NO/c1-12(2)11-16(18)17-10-4-5-15(17)14-8-6-13(3)7-9-14/h6-9,11,15H,4-5,10H2,1-3H3. The highest BCUT2D eigenvalue weighted by Gasteiger charge is 2.28. The summed E-state index contributed by atoms with van der Waals surface area (Å²) < 4.78 is 0. The summed E-state index contributed by atoms with van der Waals surface area (Å²) in [6, 6.07) is 8.80. The maximum Gasteiger partial charge on any atom is 0.246 e. The fourth-order valence-corrected chi connectivity index (χ4v) is 2.50. The van der Waals surface area contributed by atoms with Gasteiger partial charge >= 0.3 is 0 Å². The van der Waals surface area contributed by atoms with E-state index in [1.165, 1.54) is 11.1 Å². The fraction of sp³-hybridized carbons (Fsp3) is 0.438. The Morgan fingerprint density at radius 3 is 2.56 bits per heavy atom. The zero-order chi connectivity index (χ0) is 13.1. The van der Waals surface area contributed by atoms with E-state index < -0.39 is 0 Å². The van der Waals surface area contributed by atoms with Crippen LogP contribution < -0.4 is 0 Å². The highest BCUT2D eigenvalue weighted by molar-refractivity contribution is 5.88. The number of benzene rings is 1. The average molecular weight is 243 g/mol. The number of hydrogen-bond donors (Lipinski definition) is 0. The summed E-state index contributed by atoms with van der Waals surface area (Å²) in [6.07, 6.45) is 3.92. The van der Waals surface area contributed by atoms with Gasteiger partial charge in [-0.15, -0.1) is 0 Å². The molecule has 1 unspecified atom stereocenters. The monoisotopic (exact) mass is 243 g/mol. The molecule has 1 atom stereocenters. The lowest BCUT2D eigenvalue weighted by atomic mass is 10.0. The van der Waals surface area contributed by atoms with Crippen LogP contribution in [0.4, 0.5) is 0 Å². The third kappa shape index (κ3) is 2.81. The lowest BCUT2D eigenvalue weighted by molar-refractivity contribution is -0.126. The Balaban J connectivity index is 2.19. The van der Waals surface area contributed by atoms with Gasteiger partial charge in [0.15, 0.2) is 0 Å². The second-order valence-corrected chi connectivity index (χ2v) is 5.32. The Bertz CT molecular complexity index is 454. The third-order valence-electron chi connectivity index (χ3n) is 3.41. The van der Waals surface area contributed by atoms with E-state index in [1.54, 1.807) is 6.08 Å². The van der Waals surface area contributed by atoms with Crippen LogP contribution in [0.15, 0.2) is 35.9 Å². The fourth-order valence-electron chi connectivity index (χ4n) is 2.50. The molecule has 0 aliphatic carbocycles. The van der Waals surface area contributed by atoms with Crippen molar-refractivity contribution in [1.29, 1.82) is 0 Å². The predicted molar refractivity (Wildman–Crippen MR) is 74.3 cm³/mol. The molecule has 1 aromatic carbocycles. The highest BCUT2D eigenvalue weighted by Crippen LogP contribution is 2.32. The van der Waals surface area contributed by atoms with Crippen molar-refractivity contribution >= 4 is 5.91 Å². The Morgan fingerprint density at radius 2 is 1.94 bits per heavy atom. The first-order valence-electron chi connectivity index (χ1n) is 6.60. The van der Waals surface area contributed by atoms with E-state index in [-0.39, 0.29) is 11.9 Å². The molecule has 1 aliphatic rings. The smallest absolute Gasteiger partial charge is 0.246 e. The van der Waals surface area contributed by atoms with E-state index in [2.05, 4.69) is 31.2 Å². The lowest BCUT2D eigenvalue weighted by Gasteiger charge is -2.24. The second-order valence-electron chi connectivity index (χ2n) is 5.32. The van der Waals surface area contributed by atoms with Gasteiger partial charge in [-0.1, -0.05) is 35.4 Å². The van der Waals surface area contributed by atoms with Gasteiger partial charge in [0.2, 0.25) is 5.91 Å². The maximum absolute atomic E-state index is 12.2. The summed E-state index contributed by atoms with van der Waals surface area (Å²) in [7, 11) is 0. The van der Waals surface area contributed by atoms with Gasteiger partial charge in [0.25, 0.3) is 0 Å². The van der Waals surface area contributed by atoms with Gasteiger partial charge < -0.3 is 4.90 Å². The van der Waals surface area contributed by atoms with Crippen LogP contribution in [-0.2, 0) is 4.79 Å². The molecule has 0 N–H and O–H groups in total. The molecule has 1 amide bonds. The normalized spacial score (nSPS) is 18.8. The molecule has 0 bridgehead atoms. The van der Waals surface area contributed by atoms with E-state index in [4.69, 9.17) is 0 Å². The van der Waals surface area contributed by atoms with E-state index in [0.29, 0.717) is 0 Å². The summed E-state index contributed by atoms with van der Waals surface area (Å²) in [5.41, 5.74) is 3.59. The molecule has 1 fully saturated rings. The van der Waals surface area contributed by atoms with Crippen molar-refractivity contribution in [1.82, 2.24) is 4.90 Å². The molecule has 0 saturated carbocycles. The minimum Gasteiger partial charge on any atom is -0.332 e. The molecule has 2 heteroatoms. The van der Waals surface area contributed by atoms with Crippen LogP contribution in [0.1, 0.15) is 43.9 Å². The van der Waals surface area contributed by atoms with Crippen molar-refractivity contribution in [2.45, 2.75) is 39.7 Å². The molecule has 1 aromatic rings. The van der Waals surface area contributed by atoms with E-state index >= 15 is 0 Å². The molecule has 0 aromatic heterocycles. The maximum atomic E-state index is 12.2. The Morgan fingerprint density at radius 1 is 1.28 bits per heavy atom. The summed E-state index contributed by atoms with van der Waals surface area (Å²) in [6.45, 7) is 6.90. The Labute approximate surface area is 109 Å². The van der Waals surface area contributed by atoms with Gasteiger partial charge in [-0.25, -0.2) is 0 Å². The third-order valence-corrected chi connectivity index (χ3v) is 3.41. The van der Waals surface area contributed by atoms with Crippen LogP contribution in [0.3, 0.4) is 0 Å². The quantitative estimate of drug-likeness (QED) is 0.726. The highest BCUT2D eigenvalue weighted by atomic mass is 16.2. The first-order chi connectivity index (χ1) is 8.58. The minimum atomic E-state index is 0.151. The van der Waals surface area contributed by atoms with Gasteiger partial charge in [-0.2, -0.15) is 0 Å². The Hall–Kier alpha value is -1.57. The van der Waals surface area contributed by atoms with Crippen LogP contribution >= 0.6 is 0 Å². The van der Waals surface area contributed by atoms with Gasteiger partial charge in [-0.05, 0) is 39.2 Å². The average Bonchev–Trinajstić information content (AvgIpc) is 2.78. The zero-order valence-corrected chi connectivity index (χ0v) is 11.4. The Kier molecular flexibility index (Phi) is 3.85. The summed E-state index contributed by atoms with van der Waals surface area (Å²) in [5.74, 6) is 0.151. The number of aryl methyl sites for hydroxylation is 1. The minimum absolute atomic E-state index is 0.151.